The van der Waals surface area contributed by atoms with Crippen LogP contribution in [0.25, 0.3) is 0 Å². The van der Waals surface area contributed by atoms with E-state index in [0.717, 1.165) is 12.8 Å². The molecule has 1 heterocycles. The lowest BCUT2D eigenvalue weighted by molar-refractivity contribution is -0.140. The van der Waals surface area contributed by atoms with Gasteiger partial charge in [0, 0.05) is 13.7 Å². The van der Waals surface area contributed by atoms with E-state index in [2.05, 4.69) is 5.48 Å². The molecular formula is C10H19NO4. The number of hydrogen-bond acceptors (Lipinski definition) is 4. The predicted octanol–water partition coefficient (Wildman–Crippen LogP) is 0.496. The van der Waals surface area contributed by atoms with Crippen LogP contribution in [0.1, 0.15) is 19.8 Å². The van der Waals surface area contributed by atoms with Crippen molar-refractivity contribution in [3.05, 3.63) is 0 Å². The highest BCUT2D eigenvalue weighted by Crippen LogP contribution is 2.23. The molecule has 0 radical (unpaired) electrons. The van der Waals surface area contributed by atoms with Gasteiger partial charge in [-0.15, -0.1) is 0 Å². The van der Waals surface area contributed by atoms with E-state index in [9.17, 15) is 4.79 Å². The van der Waals surface area contributed by atoms with Gasteiger partial charge in [-0.1, -0.05) is 6.92 Å². The molecule has 0 bridgehead atoms. The summed E-state index contributed by atoms with van der Waals surface area (Å²) < 4.78 is 10.2. The highest BCUT2D eigenvalue weighted by Gasteiger charge is 2.32. The normalized spacial score (nSPS) is 25.5. The van der Waals surface area contributed by atoms with Crippen molar-refractivity contribution < 1.29 is 19.1 Å². The zero-order valence-corrected chi connectivity index (χ0v) is 9.32. The lowest BCUT2D eigenvalue weighted by Gasteiger charge is -2.15. The topological polar surface area (TPSA) is 56.8 Å². The Balaban J connectivity index is 2.21. The molecule has 1 aliphatic rings. The summed E-state index contributed by atoms with van der Waals surface area (Å²) in [5, 5.41) is 0. The van der Waals surface area contributed by atoms with Crippen molar-refractivity contribution in [1.82, 2.24) is 5.48 Å². The molecule has 88 valence electrons. The smallest absolute Gasteiger partial charge is 0.249 e. The Labute approximate surface area is 90.0 Å². The number of amides is 1. The quantitative estimate of drug-likeness (QED) is 0.520. The zero-order chi connectivity index (χ0) is 11.1. The SMILES string of the molecule is CCC1OCCC1C(=O)NOCCOC. The number of rotatable bonds is 6. The molecule has 5 heteroatoms. The number of hydrogen-bond donors (Lipinski definition) is 1. The molecule has 15 heavy (non-hydrogen) atoms. The van der Waals surface area contributed by atoms with Gasteiger partial charge < -0.3 is 9.47 Å². The van der Waals surface area contributed by atoms with Crippen molar-refractivity contribution in [2.24, 2.45) is 5.92 Å². The predicted molar refractivity (Wildman–Crippen MR) is 54.1 cm³/mol. The maximum atomic E-state index is 11.6. The number of hydroxylamine groups is 1. The van der Waals surface area contributed by atoms with Gasteiger partial charge in [-0.2, -0.15) is 0 Å². The first-order chi connectivity index (χ1) is 7.29. The van der Waals surface area contributed by atoms with E-state index in [1.807, 2.05) is 6.92 Å². The summed E-state index contributed by atoms with van der Waals surface area (Å²) in [5.74, 6) is -0.159. The Morgan fingerprint density at radius 1 is 1.53 bits per heavy atom. The van der Waals surface area contributed by atoms with Crippen molar-refractivity contribution in [2.45, 2.75) is 25.9 Å². The van der Waals surface area contributed by atoms with E-state index >= 15 is 0 Å². The minimum absolute atomic E-state index is 0.0380. The first-order valence-electron chi connectivity index (χ1n) is 5.31. The fourth-order valence-electron chi connectivity index (χ4n) is 1.67. The van der Waals surface area contributed by atoms with Crippen LogP contribution in [0, 0.1) is 5.92 Å². The van der Waals surface area contributed by atoms with E-state index in [1.165, 1.54) is 0 Å². The van der Waals surface area contributed by atoms with Crippen LogP contribution in [0.5, 0.6) is 0 Å². The molecule has 1 amide bonds. The third-order valence-electron chi connectivity index (χ3n) is 2.51. The Morgan fingerprint density at radius 3 is 3.00 bits per heavy atom. The van der Waals surface area contributed by atoms with Crippen LogP contribution < -0.4 is 5.48 Å². The maximum Gasteiger partial charge on any atom is 0.249 e. The van der Waals surface area contributed by atoms with Crippen LogP contribution in [0.3, 0.4) is 0 Å². The minimum atomic E-state index is -0.0875. The van der Waals surface area contributed by atoms with Crippen LogP contribution in [-0.4, -0.2) is 38.9 Å². The standard InChI is InChI=1S/C10H19NO4/c1-3-9-8(4-5-14-9)10(12)11-15-7-6-13-2/h8-9H,3-7H2,1-2H3,(H,11,12). The molecule has 1 N–H and O–H groups in total. The van der Waals surface area contributed by atoms with Crippen LogP contribution in [0.4, 0.5) is 0 Å². The van der Waals surface area contributed by atoms with E-state index in [4.69, 9.17) is 14.3 Å². The van der Waals surface area contributed by atoms with E-state index < -0.39 is 0 Å². The van der Waals surface area contributed by atoms with Gasteiger partial charge in [0.15, 0.2) is 0 Å². The molecule has 1 fully saturated rings. The molecule has 0 aliphatic carbocycles. The molecule has 2 atom stereocenters. The monoisotopic (exact) mass is 217 g/mol. The highest BCUT2D eigenvalue weighted by molar-refractivity contribution is 5.78. The first kappa shape index (κ1) is 12.4. The van der Waals surface area contributed by atoms with Gasteiger partial charge >= 0.3 is 0 Å². The van der Waals surface area contributed by atoms with Gasteiger partial charge in [0.05, 0.1) is 25.2 Å². The maximum absolute atomic E-state index is 11.6. The first-order valence-corrected chi connectivity index (χ1v) is 5.31. The molecule has 0 spiro atoms. The minimum Gasteiger partial charge on any atom is -0.382 e. The summed E-state index contributed by atoms with van der Waals surface area (Å²) in [4.78, 5) is 16.6. The van der Waals surface area contributed by atoms with Crippen molar-refractivity contribution in [2.75, 3.05) is 26.9 Å². The second kappa shape index (κ2) is 6.76. The van der Waals surface area contributed by atoms with Crippen LogP contribution in [0.2, 0.25) is 0 Å². The summed E-state index contributed by atoms with van der Waals surface area (Å²) in [6.45, 7) is 3.52. The van der Waals surface area contributed by atoms with Crippen LogP contribution in [-0.2, 0) is 19.1 Å². The Hall–Kier alpha value is -0.650. The Bertz CT molecular complexity index is 198. The molecule has 1 saturated heterocycles. The summed E-state index contributed by atoms with van der Waals surface area (Å²) in [6.07, 6.45) is 1.67. The fourth-order valence-corrected chi connectivity index (χ4v) is 1.67. The summed E-state index contributed by atoms with van der Waals surface area (Å²) in [6, 6.07) is 0. The number of carbonyl (C=O) groups excluding carboxylic acids is 1. The largest absolute Gasteiger partial charge is 0.382 e. The average molecular weight is 217 g/mol. The molecule has 0 saturated carbocycles. The van der Waals surface area contributed by atoms with Crippen molar-refractivity contribution in [3.8, 4) is 0 Å². The van der Waals surface area contributed by atoms with E-state index in [-0.39, 0.29) is 17.9 Å². The number of ether oxygens (including phenoxy) is 2. The summed E-state index contributed by atoms with van der Waals surface area (Å²) >= 11 is 0. The molecular weight excluding hydrogens is 198 g/mol. The van der Waals surface area contributed by atoms with Gasteiger partial charge in [-0.3, -0.25) is 9.63 Å². The van der Waals surface area contributed by atoms with Gasteiger partial charge in [0.2, 0.25) is 5.91 Å². The highest BCUT2D eigenvalue weighted by atomic mass is 16.7. The van der Waals surface area contributed by atoms with Crippen molar-refractivity contribution in [3.63, 3.8) is 0 Å². The molecule has 1 rings (SSSR count). The Morgan fingerprint density at radius 2 is 2.33 bits per heavy atom. The summed E-state index contributed by atoms with van der Waals surface area (Å²) in [5.41, 5.74) is 2.42. The molecule has 5 nitrogen and oxygen atoms in total. The van der Waals surface area contributed by atoms with Gasteiger partial charge in [-0.25, -0.2) is 5.48 Å². The number of nitrogens with one attached hydrogen (secondary N) is 1. The molecule has 0 aromatic carbocycles. The van der Waals surface area contributed by atoms with Gasteiger partial charge in [-0.05, 0) is 12.8 Å². The average Bonchev–Trinajstić information content (AvgIpc) is 2.72. The van der Waals surface area contributed by atoms with Crippen molar-refractivity contribution in [1.29, 1.82) is 0 Å². The number of methoxy groups -OCH3 is 1. The second-order valence-electron chi connectivity index (χ2n) is 3.52. The second-order valence-corrected chi connectivity index (χ2v) is 3.52. The third-order valence-corrected chi connectivity index (χ3v) is 2.51. The zero-order valence-electron chi connectivity index (χ0n) is 9.32. The molecule has 0 aromatic rings. The Kier molecular flexibility index (Phi) is 5.60. The van der Waals surface area contributed by atoms with Crippen LogP contribution >= 0.6 is 0 Å². The van der Waals surface area contributed by atoms with Crippen molar-refractivity contribution >= 4 is 5.91 Å². The van der Waals surface area contributed by atoms with E-state index in [1.54, 1.807) is 7.11 Å². The van der Waals surface area contributed by atoms with Gasteiger partial charge in [0.25, 0.3) is 0 Å². The fraction of sp³-hybridized carbons (Fsp3) is 0.900. The molecule has 2 unspecified atom stereocenters. The lowest BCUT2D eigenvalue weighted by atomic mass is 9.99. The van der Waals surface area contributed by atoms with E-state index in [0.29, 0.717) is 19.8 Å². The third kappa shape index (κ3) is 3.77. The van der Waals surface area contributed by atoms with Gasteiger partial charge in [0.1, 0.15) is 0 Å². The summed E-state index contributed by atoms with van der Waals surface area (Å²) in [7, 11) is 1.59. The molecule has 0 aromatic heterocycles. The number of carbonyl (C=O) groups is 1. The van der Waals surface area contributed by atoms with Crippen LogP contribution in [0.15, 0.2) is 0 Å². The lowest BCUT2D eigenvalue weighted by Crippen LogP contribution is -2.35. The molecule has 1 aliphatic heterocycles.